The summed E-state index contributed by atoms with van der Waals surface area (Å²) in [5.74, 6) is 2.27. The highest BCUT2D eigenvalue weighted by molar-refractivity contribution is 9.10. The standard InChI is InChI=1S/C20H21BrN4O3S/c1-13-4-9-17(16(21)10-13)22-19(26)12-29-20-24-23-18(25(20)2)11-28-15-7-5-14(27-3)6-8-15/h4-10H,11-12H2,1-3H3,(H,22,26). The molecule has 152 valence electrons. The topological polar surface area (TPSA) is 78.3 Å². The van der Waals surface area contributed by atoms with Crippen molar-refractivity contribution in [1.82, 2.24) is 14.8 Å². The van der Waals surface area contributed by atoms with Gasteiger partial charge in [-0.3, -0.25) is 4.79 Å². The van der Waals surface area contributed by atoms with E-state index in [0.29, 0.717) is 16.7 Å². The lowest BCUT2D eigenvalue weighted by Gasteiger charge is -2.08. The van der Waals surface area contributed by atoms with Crippen LogP contribution in [0.4, 0.5) is 5.69 Å². The SMILES string of the molecule is COc1ccc(OCc2nnc(SCC(=O)Nc3ccc(C)cc3Br)n2C)cc1. The van der Waals surface area contributed by atoms with Gasteiger partial charge >= 0.3 is 0 Å². The quantitative estimate of drug-likeness (QED) is 0.490. The minimum absolute atomic E-state index is 0.112. The van der Waals surface area contributed by atoms with Crippen molar-refractivity contribution in [3.8, 4) is 11.5 Å². The highest BCUT2D eigenvalue weighted by Gasteiger charge is 2.13. The van der Waals surface area contributed by atoms with Crippen LogP contribution in [0.25, 0.3) is 0 Å². The second-order valence-corrected chi connectivity index (χ2v) is 8.04. The molecular formula is C20H21BrN4O3S. The zero-order valence-corrected chi connectivity index (χ0v) is 18.7. The van der Waals surface area contributed by atoms with E-state index in [0.717, 1.165) is 21.5 Å². The van der Waals surface area contributed by atoms with Gasteiger partial charge in [-0.25, -0.2) is 0 Å². The van der Waals surface area contributed by atoms with Crippen molar-refractivity contribution in [2.45, 2.75) is 18.7 Å². The van der Waals surface area contributed by atoms with Crippen LogP contribution < -0.4 is 14.8 Å². The third-order valence-electron chi connectivity index (χ3n) is 4.08. The molecule has 2 aromatic carbocycles. The van der Waals surface area contributed by atoms with Gasteiger partial charge in [0.15, 0.2) is 11.0 Å². The molecule has 7 nitrogen and oxygen atoms in total. The largest absolute Gasteiger partial charge is 0.497 e. The van der Waals surface area contributed by atoms with Gasteiger partial charge in [0.25, 0.3) is 0 Å². The van der Waals surface area contributed by atoms with Gasteiger partial charge < -0.3 is 19.4 Å². The van der Waals surface area contributed by atoms with Gasteiger partial charge in [0.05, 0.1) is 18.6 Å². The molecule has 1 aromatic heterocycles. The van der Waals surface area contributed by atoms with E-state index >= 15 is 0 Å². The van der Waals surface area contributed by atoms with Crippen LogP contribution in [0.1, 0.15) is 11.4 Å². The van der Waals surface area contributed by atoms with Gasteiger partial charge in [0, 0.05) is 11.5 Å². The number of nitrogens with one attached hydrogen (secondary N) is 1. The van der Waals surface area contributed by atoms with Gasteiger partial charge in [0.1, 0.15) is 18.1 Å². The number of hydrogen-bond donors (Lipinski definition) is 1. The maximum atomic E-state index is 12.3. The van der Waals surface area contributed by atoms with Crippen molar-refractivity contribution in [3.05, 3.63) is 58.3 Å². The first-order valence-electron chi connectivity index (χ1n) is 8.80. The molecule has 0 fully saturated rings. The van der Waals surface area contributed by atoms with Gasteiger partial charge in [-0.1, -0.05) is 17.8 Å². The zero-order chi connectivity index (χ0) is 20.8. The summed E-state index contributed by atoms with van der Waals surface area (Å²) in [6, 6.07) is 13.1. The molecule has 1 heterocycles. The number of hydrogen-bond acceptors (Lipinski definition) is 6. The normalized spacial score (nSPS) is 10.6. The van der Waals surface area contributed by atoms with Gasteiger partial charge in [-0.15, -0.1) is 10.2 Å². The summed E-state index contributed by atoms with van der Waals surface area (Å²) >= 11 is 4.78. The molecule has 29 heavy (non-hydrogen) atoms. The Bertz CT molecular complexity index is 992. The second-order valence-electron chi connectivity index (χ2n) is 6.24. The number of rotatable bonds is 8. The van der Waals surface area contributed by atoms with Crippen molar-refractivity contribution < 1.29 is 14.3 Å². The molecule has 1 N–H and O–H groups in total. The van der Waals surface area contributed by atoms with Crippen LogP contribution in [0.15, 0.2) is 52.1 Å². The zero-order valence-electron chi connectivity index (χ0n) is 16.3. The summed E-state index contributed by atoms with van der Waals surface area (Å²) in [7, 11) is 3.47. The lowest BCUT2D eigenvalue weighted by molar-refractivity contribution is -0.113. The smallest absolute Gasteiger partial charge is 0.234 e. The number of carbonyl (C=O) groups excluding carboxylic acids is 1. The number of anilines is 1. The molecule has 3 aromatic rings. The Labute approximate surface area is 181 Å². The summed E-state index contributed by atoms with van der Waals surface area (Å²) in [4.78, 5) is 12.3. The number of benzene rings is 2. The van der Waals surface area contributed by atoms with Gasteiger partial charge in [-0.05, 0) is 64.8 Å². The number of ether oxygens (including phenoxy) is 2. The van der Waals surface area contributed by atoms with Crippen molar-refractivity contribution in [3.63, 3.8) is 0 Å². The van der Waals surface area contributed by atoms with E-state index in [2.05, 4.69) is 31.4 Å². The van der Waals surface area contributed by atoms with E-state index < -0.39 is 0 Å². The van der Waals surface area contributed by atoms with E-state index in [-0.39, 0.29) is 18.3 Å². The van der Waals surface area contributed by atoms with Crippen LogP contribution in [0.5, 0.6) is 11.5 Å². The Morgan fingerprint density at radius 3 is 2.59 bits per heavy atom. The number of aryl methyl sites for hydroxylation is 1. The van der Waals surface area contributed by atoms with Crippen LogP contribution in [0, 0.1) is 6.92 Å². The molecule has 0 saturated carbocycles. The summed E-state index contributed by atoms with van der Waals surface area (Å²) < 4.78 is 13.5. The number of amides is 1. The van der Waals surface area contributed by atoms with Gasteiger partial charge in [-0.2, -0.15) is 0 Å². The molecule has 0 radical (unpaired) electrons. The van der Waals surface area contributed by atoms with Crippen molar-refractivity contribution >= 4 is 39.3 Å². The third-order valence-corrected chi connectivity index (χ3v) is 5.76. The van der Waals surface area contributed by atoms with Crippen LogP contribution in [-0.4, -0.2) is 33.5 Å². The molecule has 0 aliphatic carbocycles. The molecule has 0 spiro atoms. The third kappa shape index (κ3) is 5.74. The lowest BCUT2D eigenvalue weighted by Crippen LogP contribution is -2.15. The predicted octanol–water partition coefficient (Wildman–Crippen LogP) is 4.20. The first-order valence-corrected chi connectivity index (χ1v) is 10.6. The lowest BCUT2D eigenvalue weighted by atomic mass is 10.2. The molecular weight excluding hydrogens is 456 g/mol. The molecule has 0 bridgehead atoms. The van der Waals surface area contributed by atoms with Crippen molar-refractivity contribution in [2.75, 3.05) is 18.2 Å². The van der Waals surface area contributed by atoms with E-state index in [9.17, 15) is 4.79 Å². The molecule has 0 saturated heterocycles. The fourth-order valence-corrected chi connectivity index (χ4v) is 3.78. The predicted molar refractivity (Wildman–Crippen MR) is 117 cm³/mol. The first kappa shape index (κ1) is 21.2. The van der Waals surface area contributed by atoms with E-state index in [1.54, 1.807) is 7.11 Å². The average Bonchev–Trinajstić information content (AvgIpc) is 3.07. The van der Waals surface area contributed by atoms with E-state index in [1.807, 2.05) is 61.0 Å². The molecule has 9 heteroatoms. The maximum absolute atomic E-state index is 12.3. The molecule has 0 unspecified atom stereocenters. The molecule has 3 rings (SSSR count). The van der Waals surface area contributed by atoms with Crippen LogP contribution >= 0.6 is 27.7 Å². The fourth-order valence-electron chi connectivity index (χ4n) is 2.45. The summed E-state index contributed by atoms with van der Waals surface area (Å²) in [6.45, 7) is 2.27. The van der Waals surface area contributed by atoms with Gasteiger partial charge in [0.2, 0.25) is 5.91 Å². The molecule has 0 aliphatic heterocycles. The highest BCUT2D eigenvalue weighted by Crippen LogP contribution is 2.24. The number of carbonyl (C=O) groups is 1. The van der Waals surface area contributed by atoms with Crippen LogP contribution in [0.3, 0.4) is 0 Å². The number of thioether (sulfide) groups is 1. The van der Waals surface area contributed by atoms with Crippen molar-refractivity contribution in [1.29, 1.82) is 0 Å². The number of aromatic nitrogens is 3. The number of halogens is 1. The fraction of sp³-hybridized carbons (Fsp3) is 0.250. The summed E-state index contributed by atoms with van der Waals surface area (Å²) in [5.41, 5.74) is 1.86. The Hall–Kier alpha value is -2.52. The summed E-state index contributed by atoms with van der Waals surface area (Å²) in [6.07, 6.45) is 0. The molecule has 0 aliphatic rings. The van der Waals surface area contributed by atoms with E-state index in [4.69, 9.17) is 9.47 Å². The Balaban J connectivity index is 1.52. The average molecular weight is 477 g/mol. The monoisotopic (exact) mass is 476 g/mol. The number of nitrogens with zero attached hydrogens (tertiary/aromatic N) is 3. The van der Waals surface area contributed by atoms with Crippen molar-refractivity contribution in [2.24, 2.45) is 7.05 Å². The minimum Gasteiger partial charge on any atom is -0.497 e. The molecule has 0 atom stereocenters. The minimum atomic E-state index is -0.112. The van der Waals surface area contributed by atoms with Crippen LogP contribution in [0.2, 0.25) is 0 Å². The maximum Gasteiger partial charge on any atom is 0.234 e. The summed E-state index contributed by atoms with van der Waals surface area (Å²) in [5, 5.41) is 11.8. The molecule has 1 amide bonds. The van der Waals surface area contributed by atoms with E-state index in [1.165, 1.54) is 11.8 Å². The Kier molecular flexibility index (Phi) is 7.16. The first-order chi connectivity index (χ1) is 14.0. The van der Waals surface area contributed by atoms with Crippen LogP contribution in [-0.2, 0) is 18.4 Å². The Morgan fingerprint density at radius 1 is 1.17 bits per heavy atom. The second kappa shape index (κ2) is 9.80. The Morgan fingerprint density at radius 2 is 1.90 bits per heavy atom. The number of methoxy groups -OCH3 is 1. The highest BCUT2D eigenvalue weighted by atomic mass is 79.9.